The Balaban J connectivity index is 1.72. The van der Waals surface area contributed by atoms with Gasteiger partial charge in [-0.3, -0.25) is 0 Å². The number of nitrogens with one attached hydrogen (secondary N) is 1. The van der Waals surface area contributed by atoms with Crippen LogP contribution in [-0.2, 0) is 0 Å². The van der Waals surface area contributed by atoms with Gasteiger partial charge in [-0.15, -0.1) is 0 Å². The zero-order valence-corrected chi connectivity index (χ0v) is 12.0. The van der Waals surface area contributed by atoms with Crippen molar-refractivity contribution in [1.29, 1.82) is 0 Å². The van der Waals surface area contributed by atoms with Crippen molar-refractivity contribution in [3.8, 4) is 11.5 Å². The lowest BCUT2D eigenvalue weighted by molar-refractivity contribution is 0.174. The normalized spacial score (nSPS) is 30.8. The van der Waals surface area contributed by atoms with Crippen LogP contribution in [-0.4, -0.2) is 17.3 Å². The standard InChI is InChI=1S/C16H17NO2S/c20-15-6-8-16(17-15)7-2-1-3-12(16)11-4-5-13-14(9-11)19-10-18-13/h1-2,4-5,9,12H,3,6-8,10H2,(H,17,20)/t12-,16+/m0/s1. The summed E-state index contributed by atoms with van der Waals surface area (Å²) in [5, 5.41) is 3.59. The maximum atomic E-state index is 5.52. The van der Waals surface area contributed by atoms with Gasteiger partial charge in [-0.1, -0.05) is 30.4 Å². The molecule has 104 valence electrons. The molecule has 1 saturated heterocycles. The van der Waals surface area contributed by atoms with E-state index in [1.54, 1.807) is 0 Å². The fraction of sp³-hybridized carbons (Fsp3) is 0.438. The first-order valence-corrected chi connectivity index (χ1v) is 7.53. The summed E-state index contributed by atoms with van der Waals surface area (Å²) in [7, 11) is 0. The third-order valence-corrected chi connectivity index (χ3v) is 4.98. The van der Waals surface area contributed by atoms with E-state index < -0.39 is 0 Å². The molecule has 3 nitrogen and oxygen atoms in total. The summed E-state index contributed by atoms with van der Waals surface area (Å²) in [4.78, 5) is 1.01. The van der Waals surface area contributed by atoms with Crippen LogP contribution in [0.15, 0.2) is 30.4 Å². The number of fused-ring (bicyclic) bond motifs is 1. The predicted molar refractivity (Wildman–Crippen MR) is 81.4 cm³/mol. The highest BCUT2D eigenvalue weighted by Gasteiger charge is 2.43. The van der Waals surface area contributed by atoms with Crippen LogP contribution in [0.4, 0.5) is 0 Å². The van der Waals surface area contributed by atoms with E-state index in [-0.39, 0.29) is 5.54 Å². The zero-order chi connectivity index (χ0) is 13.6. The predicted octanol–water partition coefficient (Wildman–Crippen LogP) is 3.30. The molecule has 2 heterocycles. The summed E-state index contributed by atoms with van der Waals surface area (Å²) in [5.74, 6) is 2.17. The van der Waals surface area contributed by atoms with E-state index in [0.29, 0.717) is 12.7 Å². The summed E-state index contributed by atoms with van der Waals surface area (Å²) in [5.41, 5.74) is 1.41. The van der Waals surface area contributed by atoms with Crippen molar-refractivity contribution in [3.63, 3.8) is 0 Å². The summed E-state index contributed by atoms with van der Waals surface area (Å²) >= 11 is 5.37. The minimum Gasteiger partial charge on any atom is -0.454 e. The maximum absolute atomic E-state index is 5.52. The fourth-order valence-electron chi connectivity index (χ4n) is 3.63. The minimum atomic E-state index is 0.0968. The quantitative estimate of drug-likeness (QED) is 0.634. The van der Waals surface area contributed by atoms with Gasteiger partial charge in [0, 0.05) is 11.5 Å². The van der Waals surface area contributed by atoms with Gasteiger partial charge in [0.05, 0.1) is 4.99 Å². The van der Waals surface area contributed by atoms with Crippen LogP contribution < -0.4 is 14.8 Å². The van der Waals surface area contributed by atoms with Crippen LogP contribution in [0.5, 0.6) is 11.5 Å². The minimum absolute atomic E-state index is 0.0968. The largest absolute Gasteiger partial charge is 0.454 e. The van der Waals surface area contributed by atoms with Crippen LogP contribution in [0.25, 0.3) is 0 Å². The third-order valence-electron chi connectivity index (χ3n) is 4.67. The summed E-state index contributed by atoms with van der Waals surface area (Å²) in [6.45, 7) is 0.330. The van der Waals surface area contributed by atoms with Crippen molar-refractivity contribution >= 4 is 17.2 Å². The molecule has 2 aliphatic heterocycles. The molecule has 0 amide bonds. The summed E-state index contributed by atoms with van der Waals surface area (Å²) in [6, 6.07) is 6.33. The lowest BCUT2D eigenvalue weighted by atomic mass is 9.71. The monoisotopic (exact) mass is 287 g/mol. The lowest BCUT2D eigenvalue weighted by Crippen LogP contribution is -2.47. The van der Waals surface area contributed by atoms with Gasteiger partial charge in [0.1, 0.15) is 0 Å². The average Bonchev–Trinajstić information content (AvgIpc) is 3.06. The number of hydrogen-bond donors (Lipinski definition) is 1. The first-order valence-electron chi connectivity index (χ1n) is 7.12. The summed E-state index contributed by atoms with van der Waals surface area (Å²) in [6.07, 6.45) is 8.79. The first kappa shape index (κ1) is 12.2. The van der Waals surface area contributed by atoms with Gasteiger partial charge in [0.2, 0.25) is 6.79 Å². The second-order valence-electron chi connectivity index (χ2n) is 5.78. The Morgan fingerprint density at radius 2 is 2.10 bits per heavy atom. The van der Waals surface area contributed by atoms with E-state index in [9.17, 15) is 0 Å². The molecular weight excluding hydrogens is 270 g/mol. The highest BCUT2D eigenvalue weighted by molar-refractivity contribution is 7.80. The Kier molecular flexibility index (Phi) is 2.74. The van der Waals surface area contributed by atoms with E-state index in [1.807, 2.05) is 6.07 Å². The molecule has 0 bridgehead atoms. The highest BCUT2D eigenvalue weighted by atomic mass is 32.1. The number of thiocarbonyl (C=S) groups is 1. The van der Waals surface area contributed by atoms with Gasteiger partial charge in [0.25, 0.3) is 0 Å². The van der Waals surface area contributed by atoms with Crippen LogP contribution >= 0.6 is 12.2 Å². The van der Waals surface area contributed by atoms with Crippen molar-refractivity contribution in [2.75, 3.05) is 6.79 Å². The van der Waals surface area contributed by atoms with Crippen LogP contribution in [0.3, 0.4) is 0 Å². The molecule has 1 aromatic rings. The van der Waals surface area contributed by atoms with Crippen LogP contribution in [0.1, 0.15) is 37.2 Å². The molecule has 2 atom stereocenters. The molecule has 4 heteroatoms. The SMILES string of the molecule is S=C1CC[C@@]2(CC=CC[C@H]2c2ccc3c(c2)OCO3)N1. The smallest absolute Gasteiger partial charge is 0.231 e. The third kappa shape index (κ3) is 1.82. The second-order valence-corrected chi connectivity index (χ2v) is 6.27. The summed E-state index contributed by atoms with van der Waals surface area (Å²) < 4.78 is 10.9. The van der Waals surface area contributed by atoms with Crippen LogP contribution in [0, 0.1) is 0 Å². The molecule has 0 radical (unpaired) electrons. The van der Waals surface area contributed by atoms with Crippen molar-refractivity contribution in [2.24, 2.45) is 0 Å². The van der Waals surface area contributed by atoms with Crippen molar-refractivity contribution in [2.45, 2.75) is 37.1 Å². The van der Waals surface area contributed by atoms with Crippen LogP contribution in [0.2, 0.25) is 0 Å². The number of rotatable bonds is 1. The first-order chi connectivity index (χ1) is 9.77. The molecule has 1 fully saturated rings. The van der Waals surface area contributed by atoms with Gasteiger partial charge >= 0.3 is 0 Å². The van der Waals surface area contributed by atoms with Gasteiger partial charge in [-0.05, 0) is 43.4 Å². The van der Waals surface area contributed by atoms with E-state index in [4.69, 9.17) is 21.7 Å². The van der Waals surface area contributed by atoms with E-state index >= 15 is 0 Å². The Morgan fingerprint density at radius 1 is 1.20 bits per heavy atom. The lowest BCUT2D eigenvalue weighted by Gasteiger charge is -2.39. The van der Waals surface area contributed by atoms with Crippen molar-refractivity contribution in [3.05, 3.63) is 35.9 Å². The zero-order valence-electron chi connectivity index (χ0n) is 11.2. The molecule has 0 unspecified atom stereocenters. The Labute approximate surface area is 124 Å². The fourth-order valence-corrected chi connectivity index (χ4v) is 3.94. The van der Waals surface area contributed by atoms with E-state index in [2.05, 4.69) is 29.6 Å². The molecule has 0 aromatic heterocycles. The Bertz CT molecular complexity index is 598. The molecule has 4 rings (SSSR count). The van der Waals surface area contributed by atoms with Crippen molar-refractivity contribution in [1.82, 2.24) is 5.32 Å². The molecular formula is C16H17NO2S. The number of hydrogen-bond acceptors (Lipinski definition) is 3. The Morgan fingerprint density at radius 3 is 2.95 bits per heavy atom. The number of allylic oxidation sites excluding steroid dienone is 1. The Hall–Kier alpha value is -1.55. The number of benzene rings is 1. The van der Waals surface area contributed by atoms with Gasteiger partial charge < -0.3 is 14.8 Å². The molecule has 20 heavy (non-hydrogen) atoms. The topological polar surface area (TPSA) is 30.5 Å². The van der Waals surface area contributed by atoms with Gasteiger partial charge in [-0.25, -0.2) is 0 Å². The molecule has 1 N–H and O–H groups in total. The molecule has 0 saturated carbocycles. The van der Waals surface area contributed by atoms with E-state index in [0.717, 1.165) is 42.2 Å². The second kappa shape index (κ2) is 4.48. The van der Waals surface area contributed by atoms with Gasteiger partial charge in [-0.2, -0.15) is 0 Å². The van der Waals surface area contributed by atoms with E-state index in [1.165, 1.54) is 5.56 Å². The van der Waals surface area contributed by atoms with Crippen molar-refractivity contribution < 1.29 is 9.47 Å². The molecule has 3 aliphatic rings. The molecule has 1 spiro atoms. The maximum Gasteiger partial charge on any atom is 0.231 e. The average molecular weight is 287 g/mol. The van der Waals surface area contributed by atoms with Gasteiger partial charge in [0.15, 0.2) is 11.5 Å². The highest BCUT2D eigenvalue weighted by Crippen LogP contribution is 2.45. The molecule has 1 aromatic carbocycles. The molecule has 1 aliphatic carbocycles. The number of ether oxygens (including phenoxy) is 2.